The summed E-state index contributed by atoms with van der Waals surface area (Å²) in [5, 5.41) is 7.94. The lowest BCUT2D eigenvalue weighted by Crippen LogP contribution is -2.11. The summed E-state index contributed by atoms with van der Waals surface area (Å²) >= 11 is 5.91. The molecule has 0 amide bonds. The van der Waals surface area contributed by atoms with Crippen molar-refractivity contribution < 1.29 is 9.53 Å². The summed E-state index contributed by atoms with van der Waals surface area (Å²) < 4.78 is 6.70. The predicted molar refractivity (Wildman–Crippen MR) is 72.1 cm³/mol. The van der Waals surface area contributed by atoms with Crippen LogP contribution in [0.3, 0.4) is 0 Å². The van der Waals surface area contributed by atoms with Gasteiger partial charge in [0, 0.05) is 6.54 Å². The Hall–Kier alpha value is -1.10. The van der Waals surface area contributed by atoms with Crippen LogP contribution >= 0.6 is 11.6 Å². The van der Waals surface area contributed by atoms with Crippen LogP contribution in [-0.4, -0.2) is 27.6 Å². The van der Waals surface area contributed by atoms with Crippen LogP contribution < -0.4 is 0 Å². The third-order valence-electron chi connectivity index (χ3n) is 3.66. The number of rotatable bonds is 6. The van der Waals surface area contributed by atoms with Crippen LogP contribution in [-0.2, 0) is 17.2 Å². The SMILES string of the molecule is CCOC(=O)c1nnn(CCC2CCCC2)c1CCl. The van der Waals surface area contributed by atoms with E-state index in [1.165, 1.54) is 25.7 Å². The molecular formula is C13H20ClN3O2. The zero-order valence-corrected chi connectivity index (χ0v) is 12.0. The van der Waals surface area contributed by atoms with Gasteiger partial charge < -0.3 is 4.74 Å². The molecule has 1 heterocycles. The number of halogens is 1. The third kappa shape index (κ3) is 3.47. The number of esters is 1. The van der Waals surface area contributed by atoms with Gasteiger partial charge in [-0.25, -0.2) is 9.48 Å². The Morgan fingerprint density at radius 2 is 2.21 bits per heavy atom. The highest BCUT2D eigenvalue weighted by Crippen LogP contribution is 2.28. The highest BCUT2D eigenvalue weighted by molar-refractivity contribution is 6.17. The molecule has 1 aliphatic carbocycles. The number of hydrogen-bond acceptors (Lipinski definition) is 4. The van der Waals surface area contributed by atoms with E-state index in [2.05, 4.69) is 10.3 Å². The van der Waals surface area contributed by atoms with E-state index in [1.807, 2.05) is 0 Å². The van der Waals surface area contributed by atoms with Crippen LogP contribution in [0.5, 0.6) is 0 Å². The Kier molecular flexibility index (Phi) is 5.19. The molecule has 0 N–H and O–H groups in total. The topological polar surface area (TPSA) is 57.0 Å². The van der Waals surface area contributed by atoms with Gasteiger partial charge in [-0.15, -0.1) is 16.7 Å². The first-order valence-corrected chi connectivity index (χ1v) is 7.45. The number of aryl methyl sites for hydroxylation is 1. The molecule has 0 bridgehead atoms. The van der Waals surface area contributed by atoms with Crippen LogP contribution in [0, 0.1) is 5.92 Å². The average Bonchev–Trinajstić information content (AvgIpc) is 3.05. The quantitative estimate of drug-likeness (QED) is 0.596. The standard InChI is InChI=1S/C13H20ClN3O2/c1-2-19-13(18)12-11(9-14)17(16-15-12)8-7-10-5-3-4-6-10/h10H,2-9H2,1H3. The van der Waals surface area contributed by atoms with Gasteiger partial charge in [0.1, 0.15) is 0 Å². The number of carbonyl (C=O) groups is 1. The van der Waals surface area contributed by atoms with Crippen molar-refractivity contribution in [2.75, 3.05) is 6.61 Å². The van der Waals surface area contributed by atoms with Gasteiger partial charge in [-0.05, 0) is 19.3 Å². The van der Waals surface area contributed by atoms with Crippen LogP contribution in [0.2, 0.25) is 0 Å². The van der Waals surface area contributed by atoms with Crippen molar-refractivity contribution in [3.63, 3.8) is 0 Å². The zero-order valence-electron chi connectivity index (χ0n) is 11.3. The third-order valence-corrected chi connectivity index (χ3v) is 3.91. The smallest absolute Gasteiger partial charge is 0.360 e. The Morgan fingerprint density at radius 3 is 2.84 bits per heavy atom. The zero-order chi connectivity index (χ0) is 13.7. The van der Waals surface area contributed by atoms with E-state index in [0.29, 0.717) is 12.3 Å². The first-order valence-electron chi connectivity index (χ1n) is 6.91. The van der Waals surface area contributed by atoms with Gasteiger partial charge in [0.2, 0.25) is 0 Å². The van der Waals surface area contributed by atoms with Crippen molar-refractivity contribution in [1.82, 2.24) is 15.0 Å². The molecular weight excluding hydrogens is 266 g/mol. The number of hydrogen-bond donors (Lipinski definition) is 0. The Morgan fingerprint density at radius 1 is 1.47 bits per heavy atom. The lowest BCUT2D eigenvalue weighted by atomic mass is 10.0. The minimum Gasteiger partial charge on any atom is -0.461 e. The van der Waals surface area contributed by atoms with Crippen LogP contribution in [0.25, 0.3) is 0 Å². The maximum atomic E-state index is 11.7. The average molecular weight is 286 g/mol. The van der Waals surface area contributed by atoms with E-state index in [1.54, 1.807) is 11.6 Å². The molecule has 5 nitrogen and oxygen atoms in total. The fraction of sp³-hybridized carbons (Fsp3) is 0.769. The highest BCUT2D eigenvalue weighted by atomic mass is 35.5. The Bertz CT molecular complexity index is 428. The largest absolute Gasteiger partial charge is 0.461 e. The van der Waals surface area contributed by atoms with Crippen molar-refractivity contribution in [2.24, 2.45) is 5.92 Å². The molecule has 106 valence electrons. The molecule has 0 atom stereocenters. The molecule has 2 rings (SSSR count). The fourth-order valence-corrected chi connectivity index (χ4v) is 2.87. The minimum atomic E-state index is -0.440. The molecule has 19 heavy (non-hydrogen) atoms. The molecule has 1 fully saturated rings. The van der Waals surface area contributed by atoms with Gasteiger partial charge in [0.15, 0.2) is 5.69 Å². The lowest BCUT2D eigenvalue weighted by Gasteiger charge is -2.09. The Labute approximate surface area is 118 Å². The summed E-state index contributed by atoms with van der Waals surface area (Å²) in [6.45, 7) is 2.87. The molecule has 1 saturated carbocycles. The molecule has 1 aromatic rings. The van der Waals surface area contributed by atoms with Crippen LogP contribution in [0.4, 0.5) is 0 Å². The van der Waals surface area contributed by atoms with Crippen molar-refractivity contribution in [3.8, 4) is 0 Å². The highest BCUT2D eigenvalue weighted by Gasteiger charge is 2.21. The summed E-state index contributed by atoms with van der Waals surface area (Å²) in [6, 6.07) is 0. The summed E-state index contributed by atoms with van der Waals surface area (Å²) in [4.78, 5) is 11.7. The second kappa shape index (κ2) is 6.89. The molecule has 0 spiro atoms. The molecule has 0 saturated heterocycles. The first-order chi connectivity index (χ1) is 9.26. The van der Waals surface area contributed by atoms with Crippen molar-refractivity contribution >= 4 is 17.6 Å². The maximum Gasteiger partial charge on any atom is 0.360 e. The normalized spacial score (nSPS) is 15.9. The molecule has 6 heteroatoms. The lowest BCUT2D eigenvalue weighted by molar-refractivity contribution is 0.0518. The molecule has 0 unspecified atom stereocenters. The van der Waals surface area contributed by atoms with Gasteiger partial charge >= 0.3 is 5.97 Å². The molecule has 1 aromatic heterocycles. The maximum absolute atomic E-state index is 11.7. The number of nitrogens with zero attached hydrogens (tertiary/aromatic N) is 3. The Balaban J connectivity index is 2.01. The van der Waals surface area contributed by atoms with Gasteiger partial charge in [0.25, 0.3) is 0 Å². The molecule has 1 aliphatic rings. The van der Waals surface area contributed by atoms with Gasteiger partial charge in [0.05, 0.1) is 18.2 Å². The monoisotopic (exact) mass is 285 g/mol. The summed E-state index contributed by atoms with van der Waals surface area (Å²) in [5.74, 6) is 0.565. The van der Waals surface area contributed by atoms with E-state index in [0.717, 1.165) is 18.9 Å². The summed E-state index contributed by atoms with van der Waals surface area (Å²) in [6.07, 6.45) is 6.34. The van der Waals surface area contributed by atoms with E-state index in [9.17, 15) is 4.79 Å². The molecule has 0 aliphatic heterocycles. The molecule has 0 aromatic carbocycles. The summed E-state index contributed by atoms with van der Waals surface area (Å²) in [5.41, 5.74) is 0.918. The van der Waals surface area contributed by atoms with Gasteiger partial charge in [-0.3, -0.25) is 0 Å². The van der Waals surface area contributed by atoms with Crippen LogP contribution in [0.15, 0.2) is 0 Å². The number of ether oxygens (including phenoxy) is 1. The number of carbonyl (C=O) groups excluding carboxylic acids is 1. The van der Waals surface area contributed by atoms with E-state index in [4.69, 9.17) is 16.3 Å². The van der Waals surface area contributed by atoms with E-state index >= 15 is 0 Å². The van der Waals surface area contributed by atoms with Crippen molar-refractivity contribution in [2.45, 2.75) is 51.5 Å². The predicted octanol–water partition coefficient (Wildman–Crippen LogP) is 2.77. The number of aromatic nitrogens is 3. The second-order valence-corrected chi connectivity index (χ2v) is 5.17. The van der Waals surface area contributed by atoms with Gasteiger partial charge in [-0.2, -0.15) is 0 Å². The summed E-state index contributed by atoms with van der Waals surface area (Å²) in [7, 11) is 0. The van der Waals surface area contributed by atoms with Gasteiger partial charge in [-0.1, -0.05) is 30.9 Å². The number of alkyl halides is 1. The van der Waals surface area contributed by atoms with E-state index in [-0.39, 0.29) is 11.6 Å². The molecule has 0 radical (unpaired) electrons. The minimum absolute atomic E-state index is 0.228. The van der Waals surface area contributed by atoms with Crippen LogP contribution in [0.1, 0.15) is 55.2 Å². The van der Waals surface area contributed by atoms with Crippen molar-refractivity contribution in [3.05, 3.63) is 11.4 Å². The first kappa shape index (κ1) is 14.3. The fourth-order valence-electron chi connectivity index (χ4n) is 2.61. The van der Waals surface area contributed by atoms with Crippen molar-refractivity contribution in [1.29, 1.82) is 0 Å². The van der Waals surface area contributed by atoms with E-state index < -0.39 is 5.97 Å². The second-order valence-electron chi connectivity index (χ2n) is 4.90.